The molecule has 2 aromatic carbocycles. The fraction of sp³-hybridized carbons (Fsp3) is 0. The maximum atomic E-state index is 13.9. The Morgan fingerprint density at radius 2 is 1.81 bits per heavy atom. The van der Waals surface area contributed by atoms with Gasteiger partial charge in [0.05, 0.1) is 21.8 Å². The van der Waals surface area contributed by atoms with Crippen molar-refractivity contribution in [2.24, 2.45) is 0 Å². The monoisotopic (exact) mass is 380 g/mol. The van der Waals surface area contributed by atoms with E-state index >= 15 is 0 Å². The highest BCUT2D eigenvalue weighted by molar-refractivity contribution is 7.92. The summed E-state index contributed by atoms with van der Waals surface area (Å²) in [5.74, 6) is -4.15. The van der Waals surface area contributed by atoms with Gasteiger partial charge in [-0.2, -0.15) is 5.10 Å². The molecule has 1 aromatic heterocycles. The second-order valence-electron chi connectivity index (χ2n) is 5.06. The van der Waals surface area contributed by atoms with Crippen LogP contribution in [-0.4, -0.2) is 34.3 Å². The van der Waals surface area contributed by atoms with Crippen LogP contribution in [0.2, 0.25) is 0 Å². The molecule has 0 saturated carbocycles. The molecule has 0 spiro atoms. The van der Waals surface area contributed by atoms with E-state index < -0.39 is 38.9 Å². The lowest BCUT2D eigenvalue weighted by Gasteiger charge is -2.10. The number of nitrogens with zero attached hydrogens (tertiary/aromatic N) is 3. The fourth-order valence-electron chi connectivity index (χ4n) is 2.11. The van der Waals surface area contributed by atoms with Gasteiger partial charge in [0, 0.05) is 6.07 Å². The van der Waals surface area contributed by atoms with E-state index in [-0.39, 0.29) is 4.90 Å². The summed E-state index contributed by atoms with van der Waals surface area (Å²) in [4.78, 5) is 14.3. The Hall–Kier alpha value is -3.34. The maximum absolute atomic E-state index is 13.9. The number of rotatable bonds is 5. The lowest BCUT2D eigenvalue weighted by atomic mass is 10.2. The molecule has 3 rings (SSSR count). The number of sulfonamides is 1. The van der Waals surface area contributed by atoms with Gasteiger partial charge in [0.2, 0.25) is 0 Å². The number of benzene rings is 2. The minimum atomic E-state index is -4.22. The van der Waals surface area contributed by atoms with Gasteiger partial charge in [0.25, 0.3) is 10.0 Å². The number of carboxylic acids is 1. The highest BCUT2D eigenvalue weighted by Gasteiger charge is 2.20. The Morgan fingerprint density at radius 3 is 2.38 bits per heavy atom. The number of carbonyl (C=O) groups is 1. The van der Waals surface area contributed by atoms with Crippen LogP contribution in [0.5, 0.6) is 0 Å². The molecule has 0 radical (unpaired) electrons. The SMILES string of the molecule is O=C(O)c1cc(F)c(NS(=O)(=O)c2ccc(-n3cncn3)cc2)cc1F. The highest BCUT2D eigenvalue weighted by atomic mass is 32.2. The summed E-state index contributed by atoms with van der Waals surface area (Å²) in [6, 6.07) is 6.28. The second-order valence-corrected chi connectivity index (χ2v) is 6.74. The van der Waals surface area contributed by atoms with Gasteiger partial charge in [-0.15, -0.1) is 0 Å². The summed E-state index contributed by atoms with van der Waals surface area (Å²) in [6.45, 7) is 0. The van der Waals surface area contributed by atoms with Crippen LogP contribution in [0.15, 0.2) is 53.9 Å². The molecule has 26 heavy (non-hydrogen) atoms. The average molecular weight is 380 g/mol. The van der Waals surface area contributed by atoms with E-state index in [0.29, 0.717) is 17.8 Å². The average Bonchev–Trinajstić information content (AvgIpc) is 3.12. The van der Waals surface area contributed by atoms with Crippen molar-refractivity contribution in [3.05, 3.63) is 66.3 Å². The van der Waals surface area contributed by atoms with Gasteiger partial charge in [0.15, 0.2) is 0 Å². The molecule has 0 aliphatic heterocycles. The molecular weight excluding hydrogens is 370 g/mol. The summed E-state index contributed by atoms with van der Waals surface area (Å²) >= 11 is 0. The number of aromatic carboxylic acids is 1. The van der Waals surface area contributed by atoms with E-state index in [4.69, 9.17) is 5.11 Å². The van der Waals surface area contributed by atoms with Crippen LogP contribution in [0.4, 0.5) is 14.5 Å². The van der Waals surface area contributed by atoms with Crippen LogP contribution < -0.4 is 4.72 Å². The Balaban J connectivity index is 1.90. The molecule has 0 aliphatic carbocycles. The largest absolute Gasteiger partial charge is 0.478 e. The van der Waals surface area contributed by atoms with E-state index in [1.165, 1.54) is 41.6 Å². The number of hydrogen-bond acceptors (Lipinski definition) is 5. The molecule has 0 amide bonds. The van der Waals surface area contributed by atoms with Gasteiger partial charge in [-0.1, -0.05) is 0 Å². The van der Waals surface area contributed by atoms with Crippen molar-refractivity contribution in [2.45, 2.75) is 4.90 Å². The first kappa shape index (κ1) is 17.5. The molecule has 0 fully saturated rings. The van der Waals surface area contributed by atoms with E-state index in [1.54, 1.807) is 0 Å². The third kappa shape index (κ3) is 3.37. The van der Waals surface area contributed by atoms with Crippen LogP contribution in [0, 0.1) is 11.6 Å². The Kier molecular flexibility index (Phi) is 4.38. The predicted octanol–water partition coefficient (Wildman–Crippen LogP) is 2.04. The van der Waals surface area contributed by atoms with Crippen LogP contribution >= 0.6 is 0 Å². The van der Waals surface area contributed by atoms with Gasteiger partial charge >= 0.3 is 5.97 Å². The number of hydrogen-bond donors (Lipinski definition) is 2. The predicted molar refractivity (Wildman–Crippen MR) is 85.5 cm³/mol. The molecule has 8 nitrogen and oxygen atoms in total. The molecule has 2 N–H and O–H groups in total. The number of halogens is 2. The van der Waals surface area contributed by atoms with Gasteiger partial charge in [0.1, 0.15) is 24.3 Å². The molecule has 134 valence electrons. The molecule has 0 aliphatic rings. The first-order chi connectivity index (χ1) is 12.3. The smallest absolute Gasteiger partial charge is 0.338 e. The maximum Gasteiger partial charge on any atom is 0.338 e. The van der Waals surface area contributed by atoms with Crippen LogP contribution in [0.3, 0.4) is 0 Å². The zero-order valence-corrected chi connectivity index (χ0v) is 13.6. The third-order valence-electron chi connectivity index (χ3n) is 3.36. The topological polar surface area (TPSA) is 114 Å². The quantitative estimate of drug-likeness (QED) is 0.700. The minimum absolute atomic E-state index is 0.205. The summed E-state index contributed by atoms with van der Waals surface area (Å²) in [5.41, 5.74) is -1.06. The van der Waals surface area contributed by atoms with Crippen molar-refractivity contribution >= 4 is 21.7 Å². The van der Waals surface area contributed by atoms with E-state index in [2.05, 4.69) is 10.1 Å². The van der Waals surface area contributed by atoms with Gasteiger partial charge in [-0.25, -0.2) is 31.7 Å². The van der Waals surface area contributed by atoms with Crippen molar-refractivity contribution in [3.8, 4) is 5.69 Å². The zero-order chi connectivity index (χ0) is 18.9. The lowest BCUT2D eigenvalue weighted by molar-refractivity contribution is 0.0691. The summed E-state index contributed by atoms with van der Waals surface area (Å²) in [7, 11) is -4.22. The van der Waals surface area contributed by atoms with Gasteiger partial charge in [-0.3, -0.25) is 4.72 Å². The Bertz CT molecular complexity index is 1070. The van der Waals surface area contributed by atoms with E-state index in [1.807, 2.05) is 4.72 Å². The van der Waals surface area contributed by atoms with Crippen molar-refractivity contribution in [3.63, 3.8) is 0 Å². The number of anilines is 1. The minimum Gasteiger partial charge on any atom is -0.478 e. The summed E-state index contributed by atoms with van der Waals surface area (Å²) in [6.07, 6.45) is 2.73. The van der Waals surface area contributed by atoms with Crippen molar-refractivity contribution in [1.29, 1.82) is 0 Å². The molecule has 0 unspecified atom stereocenters. The van der Waals surface area contributed by atoms with Gasteiger partial charge in [-0.05, 0) is 30.3 Å². The summed E-state index contributed by atoms with van der Waals surface area (Å²) < 4.78 is 55.5. The second kappa shape index (κ2) is 6.52. The zero-order valence-electron chi connectivity index (χ0n) is 12.8. The van der Waals surface area contributed by atoms with Crippen LogP contribution in [0.1, 0.15) is 10.4 Å². The Morgan fingerprint density at radius 1 is 1.12 bits per heavy atom. The molecule has 0 atom stereocenters. The molecule has 0 saturated heterocycles. The van der Waals surface area contributed by atoms with Crippen LogP contribution in [-0.2, 0) is 10.0 Å². The van der Waals surface area contributed by atoms with Crippen LogP contribution in [0.25, 0.3) is 5.69 Å². The molecular formula is C15H10F2N4O4S. The number of carboxylic acid groups (broad SMARTS) is 1. The first-order valence-electron chi connectivity index (χ1n) is 6.98. The number of aromatic nitrogens is 3. The normalized spacial score (nSPS) is 11.3. The van der Waals surface area contributed by atoms with E-state index in [0.717, 1.165) is 0 Å². The standard InChI is InChI=1S/C15H10F2N4O4S/c16-12-6-14(13(17)5-11(12)15(22)23)20-26(24,25)10-3-1-9(2-4-10)21-8-18-7-19-21/h1-8,20H,(H,22,23). The highest BCUT2D eigenvalue weighted by Crippen LogP contribution is 2.23. The molecule has 11 heteroatoms. The Labute approximate surface area is 145 Å². The van der Waals surface area contributed by atoms with Gasteiger partial charge < -0.3 is 5.11 Å². The van der Waals surface area contributed by atoms with E-state index in [9.17, 15) is 22.0 Å². The first-order valence-corrected chi connectivity index (χ1v) is 8.46. The molecule has 0 bridgehead atoms. The third-order valence-corrected chi connectivity index (χ3v) is 4.74. The fourth-order valence-corrected chi connectivity index (χ4v) is 3.17. The van der Waals surface area contributed by atoms with Crippen molar-refractivity contribution in [1.82, 2.24) is 14.8 Å². The molecule has 3 aromatic rings. The summed E-state index contributed by atoms with van der Waals surface area (Å²) in [5, 5.41) is 12.6. The molecule has 1 heterocycles. The van der Waals surface area contributed by atoms with Crippen molar-refractivity contribution in [2.75, 3.05) is 4.72 Å². The van der Waals surface area contributed by atoms with Crippen molar-refractivity contribution < 1.29 is 27.1 Å². The lowest BCUT2D eigenvalue weighted by Crippen LogP contribution is -2.15. The number of nitrogens with one attached hydrogen (secondary N) is 1.